The van der Waals surface area contributed by atoms with Crippen molar-refractivity contribution in [2.75, 3.05) is 26.3 Å². The topological polar surface area (TPSA) is 117 Å². The molecule has 7 nitrogen and oxygen atoms in total. The van der Waals surface area contributed by atoms with Gasteiger partial charge in [0.2, 0.25) is 10.0 Å². The number of hydrogen-bond donors (Lipinski definition) is 3. The van der Waals surface area contributed by atoms with Crippen molar-refractivity contribution >= 4 is 27.2 Å². The van der Waals surface area contributed by atoms with Crippen LogP contribution in [-0.2, 0) is 10.0 Å². The Labute approximate surface area is 116 Å². The van der Waals surface area contributed by atoms with Crippen LogP contribution in [-0.4, -0.2) is 59.2 Å². The summed E-state index contributed by atoms with van der Waals surface area (Å²) in [5, 5.41) is 17.7. The highest BCUT2D eigenvalue weighted by Crippen LogP contribution is 2.14. The number of nitrogens with two attached hydrogens (primary N) is 1. The molecule has 106 valence electrons. The molecule has 0 saturated carbocycles. The van der Waals surface area contributed by atoms with Gasteiger partial charge in [0.05, 0.1) is 18.9 Å². The third-order valence-electron chi connectivity index (χ3n) is 2.33. The zero-order valence-corrected chi connectivity index (χ0v) is 11.7. The Bertz CT molecular complexity index is 524. The third kappa shape index (κ3) is 3.91. The number of nitrogens with zero attached hydrogens (tertiary/aromatic N) is 2. The maximum absolute atomic E-state index is 12.2. The predicted octanol–water partition coefficient (Wildman–Crippen LogP) is -1.31. The van der Waals surface area contributed by atoms with Gasteiger partial charge in [-0.25, -0.2) is 8.42 Å². The number of hydrogen-bond acceptors (Lipinski definition) is 6. The standard InChI is InChI=1S/C10H15N3O4S2/c11-10(18)9-2-1-8(7-12-9)19(16,17)13(3-5-14)4-6-15/h1-2,7,14-15H,3-6H2,(H2,11,18). The van der Waals surface area contributed by atoms with Crippen molar-refractivity contribution < 1.29 is 18.6 Å². The lowest BCUT2D eigenvalue weighted by Crippen LogP contribution is -2.36. The fraction of sp³-hybridized carbons (Fsp3) is 0.400. The third-order valence-corrected chi connectivity index (χ3v) is 4.42. The molecule has 19 heavy (non-hydrogen) atoms. The molecule has 0 bridgehead atoms. The van der Waals surface area contributed by atoms with Gasteiger partial charge in [-0.15, -0.1) is 0 Å². The van der Waals surface area contributed by atoms with Crippen molar-refractivity contribution in [2.24, 2.45) is 5.73 Å². The Hall–Kier alpha value is -1.13. The minimum Gasteiger partial charge on any atom is -0.395 e. The van der Waals surface area contributed by atoms with Gasteiger partial charge in [-0.2, -0.15) is 4.31 Å². The number of pyridine rings is 1. The van der Waals surface area contributed by atoms with Gasteiger partial charge in [-0.05, 0) is 12.1 Å². The second-order valence-corrected chi connectivity index (χ2v) is 5.97. The number of sulfonamides is 1. The number of aliphatic hydroxyl groups is 2. The summed E-state index contributed by atoms with van der Waals surface area (Å²) in [5.41, 5.74) is 5.69. The normalized spacial score (nSPS) is 11.7. The summed E-state index contributed by atoms with van der Waals surface area (Å²) in [4.78, 5) is 3.88. The number of thiocarbonyl (C=S) groups is 1. The molecule has 0 amide bonds. The summed E-state index contributed by atoms with van der Waals surface area (Å²) in [6.07, 6.45) is 1.14. The van der Waals surface area contributed by atoms with Crippen molar-refractivity contribution in [1.82, 2.24) is 9.29 Å². The lowest BCUT2D eigenvalue weighted by molar-refractivity contribution is 0.217. The molecule has 9 heteroatoms. The molecule has 0 aliphatic rings. The number of aromatic nitrogens is 1. The van der Waals surface area contributed by atoms with Gasteiger partial charge in [0.25, 0.3) is 0 Å². The van der Waals surface area contributed by atoms with Crippen LogP contribution in [0.1, 0.15) is 5.69 Å². The number of rotatable bonds is 7. The van der Waals surface area contributed by atoms with Crippen LogP contribution in [0.4, 0.5) is 0 Å². The summed E-state index contributed by atoms with van der Waals surface area (Å²) in [6.45, 7) is -0.866. The van der Waals surface area contributed by atoms with E-state index in [-0.39, 0.29) is 36.2 Å². The molecule has 0 saturated heterocycles. The van der Waals surface area contributed by atoms with E-state index in [4.69, 9.17) is 28.2 Å². The molecule has 0 aliphatic carbocycles. The van der Waals surface area contributed by atoms with Crippen molar-refractivity contribution in [2.45, 2.75) is 4.90 Å². The second kappa shape index (κ2) is 6.87. The van der Waals surface area contributed by atoms with Crippen LogP contribution in [0.15, 0.2) is 23.2 Å². The molecule has 0 aromatic carbocycles. The maximum atomic E-state index is 12.2. The average molecular weight is 305 g/mol. The molecule has 0 aliphatic heterocycles. The second-order valence-electron chi connectivity index (χ2n) is 3.59. The van der Waals surface area contributed by atoms with Gasteiger partial charge >= 0.3 is 0 Å². The van der Waals surface area contributed by atoms with Gasteiger partial charge in [0.15, 0.2) is 0 Å². The first-order valence-corrected chi connectivity index (χ1v) is 7.26. The van der Waals surface area contributed by atoms with E-state index < -0.39 is 10.0 Å². The van der Waals surface area contributed by atoms with Gasteiger partial charge < -0.3 is 15.9 Å². The predicted molar refractivity (Wildman–Crippen MR) is 73.1 cm³/mol. The molecule has 4 N–H and O–H groups in total. The van der Waals surface area contributed by atoms with Gasteiger partial charge in [0.1, 0.15) is 9.88 Å². The highest BCUT2D eigenvalue weighted by Gasteiger charge is 2.23. The van der Waals surface area contributed by atoms with Crippen LogP contribution in [0.25, 0.3) is 0 Å². The Kier molecular flexibility index (Phi) is 5.76. The van der Waals surface area contributed by atoms with Gasteiger partial charge in [-0.1, -0.05) is 12.2 Å². The van der Waals surface area contributed by atoms with Crippen LogP contribution in [0.3, 0.4) is 0 Å². The first-order valence-electron chi connectivity index (χ1n) is 5.41. The molecular weight excluding hydrogens is 290 g/mol. The van der Waals surface area contributed by atoms with Crippen LogP contribution in [0.2, 0.25) is 0 Å². The molecule has 1 aromatic rings. The van der Waals surface area contributed by atoms with E-state index in [1.807, 2.05) is 0 Å². The van der Waals surface area contributed by atoms with Gasteiger partial charge in [-0.3, -0.25) is 4.98 Å². The Morgan fingerprint density at radius 3 is 2.26 bits per heavy atom. The summed E-state index contributed by atoms with van der Waals surface area (Å²) < 4.78 is 25.4. The van der Waals surface area contributed by atoms with Crippen LogP contribution in [0.5, 0.6) is 0 Å². The molecule has 1 heterocycles. The van der Waals surface area contributed by atoms with E-state index >= 15 is 0 Å². The quantitative estimate of drug-likeness (QED) is 0.535. The van der Waals surface area contributed by atoms with Crippen LogP contribution < -0.4 is 5.73 Å². The summed E-state index contributed by atoms with van der Waals surface area (Å²) in [5.74, 6) is 0. The van der Waals surface area contributed by atoms with Crippen molar-refractivity contribution in [3.63, 3.8) is 0 Å². The van der Waals surface area contributed by atoms with Crippen molar-refractivity contribution in [3.8, 4) is 0 Å². The fourth-order valence-corrected chi connectivity index (χ4v) is 2.89. The zero-order chi connectivity index (χ0) is 14.5. The van der Waals surface area contributed by atoms with Crippen molar-refractivity contribution in [3.05, 3.63) is 24.0 Å². The molecule has 1 aromatic heterocycles. The smallest absolute Gasteiger partial charge is 0.244 e. The first-order chi connectivity index (χ1) is 8.93. The van der Waals surface area contributed by atoms with E-state index in [0.29, 0.717) is 5.69 Å². The molecular formula is C10H15N3O4S2. The lowest BCUT2D eigenvalue weighted by Gasteiger charge is -2.20. The van der Waals surface area contributed by atoms with Crippen LogP contribution in [0, 0.1) is 0 Å². The SMILES string of the molecule is NC(=S)c1ccc(S(=O)(=O)N(CCO)CCO)cn1. The minimum absolute atomic E-state index is 0.0469. The lowest BCUT2D eigenvalue weighted by atomic mass is 10.3. The Balaban J connectivity index is 3.07. The highest BCUT2D eigenvalue weighted by atomic mass is 32.2. The maximum Gasteiger partial charge on any atom is 0.244 e. The van der Waals surface area contributed by atoms with Crippen molar-refractivity contribution in [1.29, 1.82) is 0 Å². The fourth-order valence-electron chi connectivity index (χ4n) is 1.40. The molecule has 0 unspecified atom stereocenters. The van der Waals surface area contributed by atoms with E-state index in [0.717, 1.165) is 10.5 Å². The largest absolute Gasteiger partial charge is 0.395 e. The molecule has 0 radical (unpaired) electrons. The van der Waals surface area contributed by atoms with Gasteiger partial charge in [0, 0.05) is 19.3 Å². The summed E-state index contributed by atoms with van der Waals surface area (Å²) in [7, 11) is -3.80. The van der Waals surface area contributed by atoms with E-state index in [2.05, 4.69) is 4.98 Å². The number of aliphatic hydroxyl groups excluding tert-OH is 2. The van der Waals surface area contributed by atoms with E-state index in [9.17, 15) is 8.42 Å². The molecule has 0 fully saturated rings. The van der Waals surface area contributed by atoms with Crippen LogP contribution >= 0.6 is 12.2 Å². The summed E-state index contributed by atoms with van der Waals surface area (Å²) >= 11 is 4.72. The Morgan fingerprint density at radius 2 is 1.89 bits per heavy atom. The summed E-state index contributed by atoms with van der Waals surface area (Å²) in [6, 6.07) is 2.74. The van der Waals surface area contributed by atoms with E-state index in [1.165, 1.54) is 12.1 Å². The van der Waals surface area contributed by atoms with E-state index in [1.54, 1.807) is 0 Å². The highest BCUT2D eigenvalue weighted by molar-refractivity contribution is 7.89. The average Bonchev–Trinajstić information content (AvgIpc) is 2.38. The molecule has 1 rings (SSSR count). The molecule has 0 spiro atoms. The zero-order valence-electron chi connectivity index (χ0n) is 10.1. The Morgan fingerprint density at radius 1 is 1.32 bits per heavy atom. The monoisotopic (exact) mass is 305 g/mol. The minimum atomic E-state index is -3.80. The molecule has 0 atom stereocenters. The first kappa shape index (κ1) is 15.9.